The summed E-state index contributed by atoms with van der Waals surface area (Å²) in [5, 5.41) is 16.0. The molecule has 1 N–H and O–H groups in total. The number of amides is 1. The lowest BCUT2D eigenvalue weighted by Crippen LogP contribution is -2.42. The zero-order valence-electron chi connectivity index (χ0n) is 15.6. The molecule has 2 atom stereocenters. The van der Waals surface area contributed by atoms with Crippen molar-refractivity contribution in [3.8, 4) is 17.7 Å². The molecule has 0 spiro atoms. The van der Waals surface area contributed by atoms with Gasteiger partial charge in [-0.05, 0) is 30.2 Å². The largest absolute Gasteiger partial charge is 0.522 e. The van der Waals surface area contributed by atoms with Gasteiger partial charge >= 0.3 is 6.36 Å². The minimum absolute atomic E-state index is 0.0963. The molecular formula is C19H17F3N4O4. The quantitative estimate of drug-likeness (QED) is 0.811. The molecule has 2 aliphatic rings. The number of alkyl halides is 3. The van der Waals surface area contributed by atoms with Crippen LogP contribution >= 0.6 is 0 Å². The second-order valence-electron chi connectivity index (χ2n) is 7.00. The highest BCUT2D eigenvalue weighted by molar-refractivity contribution is 5.92. The molecule has 3 heterocycles. The Labute approximate surface area is 169 Å². The number of aromatic nitrogens is 2. The maximum absolute atomic E-state index is 12.6. The molecular weight excluding hydrogens is 405 g/mol. The third-order valence-electron chi connectivity index (χ3n) is 4.79. The van der Waals surface area contributed by atoms with Crippen molar-refractivity contribution in [3.05, 3.63) is 41.1 Å². The first-order valence-electron chi connectivity index (χ1n) is 9.22. The summed E-state index contributed by atoms with van der Waals surface area (Å²) in [7, 11) is 0. The molecule has 0 saturated carbocycles. The summed E-state index contributed by atoms with van der Waals surface area (Å²) >= 11 is 0. The summed E-state index contributed by atoms with van der Waals surface area (Å²) in [6, 6.07) is 8.26. The molecule has 11 heteroatoms. The topological polar surface area (TPSA) is 98.4 Å². The van der Waals surface area contributed by atoms with E-state index in [0.29, 0.717) is 24.3 Å². The fraction of sp³-hybridized carbons (Fsp3) is 0.421. The lowest BCUT2D eigenvalue weighted by atomic mass is 10.0. The molecule has 2 aromatic rings. The van der Waals surface area contributed by atoms with E-state index < -0.39 is 25.0 Å². The average Bonchev–Trinajstić information content (AvgIpc) is 3.15. The number of hydrogen-bond acceptors (Lipinski definition) is 6. The maximum atomic E-state index is 12.6. The number of halogens is 3. The summed E-state index contributed by atoms with van der Waals surface area (Å²) < 4.78 is 53.0. The number of nitrogens with zero attached hydrogens (tertiary/aromatic N) is 3. The first-order chi connectivity index (χ1) is 14.3. The van der Waals surface area contributed by atoms with Crippen LogP contribution in [0.4, 0.5) is 13.2 Å². The summed E-state index contributed by atoms with van der Waals surface area (Å²) in [5.74, 6) is 0.445. The standard InChI is InChI=1S/C19H17F3N4O4/c20-19(21,22)29-10-14-3-4-26-17(30-14)7-15(25-26)18(27)24-13-6-12-5-11(8-23)1-2-16(12)28-9-13/h1-2,5,7,13-14H,3-4,6,9-10H2,(H,24,27)/t13-,14+/m1/s1. The molecule has 0 unspecified atom stereocenters. The molecule has 1 aromatic heterocycles. The normalized spacial score (nSPS) is 20.2. The number of ether oxygens (including phenoxy) is 3. The molecule has 158 valence electrons. The van der Waals surface area contributed by atoms with Crippen LogP contribution in [0.3, 0.4) is 0 Å². The van der Waals surface area contributed by atoms with Crippen LogP contribution in [-0.4, -0.2) is 47.4 Å². The number of rotatable bonds is 4. The number of nitriles is 1. The average molecular weight is 422 g/mol. The van der Waals surface area contributed by atoms with Gasteiger partial charge in [-0.2, -0.15) is 10.4 Å². The highest BCUT2D eigenvalue weighted by atomic mass is 19.4. The Hall–Kier alpha value is -3.26. The van der Waals surface area contributed by atoms with E-state index in [2.05, 4.69) is 21.2 Å². The van der Waals surface area contributed by atoms with Gasteiger partial charge < -0.3 is 14.8 Å². The van der Waals surface area contributed by atoms with Crippen LogP contribution < -0.4 is 14.8 Å². The fourth-order valence-corrected chi connectivity index (χ4v) is 3.38. The van der Waals surface area contributed by atoms with Gasteiger partial charge in [0.2, 0.25) is 5.88 Å². The van der Waals surface area contributed by atoms with Crippen molar-refractivity contribution in [2.24, 2.45) is 0 Å². The van der Waals surface area contributed by atoms with Gasteiger partial charge in [0.05, 0.1) is 24.3 Å². The monoisotopic (exact) mass is 422 g/mol. The minimum atomic E-state index is -4.72. The van der Waals surface area contributed by atoms with Gasteiger partial charge in [0, 0.05) is 19.0 Å². The Morgan fingerprint density at radius 3 is 3.00 bits per heavy atom. The van der Waals surface area contributed by atoms with Crippen LogP contribution in [0.25, 0.3) is 0 Å². The predicted octanol–water partition coefficient (Wildman–Crippen LogP) is 2.18. The van der Waals surface area contributed by atoms with Crippen molar-refractivity contribution in [3.63, 3.8) is 0 Å². The highest BCUT2D eigenvalue weighted by Gasteiger charge is 2.33. The lowest BCUT2D eigenvalue weighted by Gasteiger charge is -2.25. The zero-order valence-corrected chi connectivity index (χ0v) is 15.6. The second-order valence-corrected chi connectivity index (χ2v) is 7.00. The van der Waals surface area contributed by atoms with Crippen LogP contribution in [0.15, 0.2) is 24.3 Å². The third kappa shape index (κ3) is 4.49. The van der Waals surface area contributed by atoms with Crippen LogP contribution in [0.5, 0.6) is 11.6 Å². The second kappa shape index (κ2) is 7.87. The number of carbonyl (C=O) groups excluding carboxylic acids is 1. The number of aryl methyl sites for hydroxylation is 1. The van der Waals surface area contributed by atoms with Gasteiger partial charge in [-0.3, -0.25) is 9.53 Å². The number of fused-ring (bicyclic) bond motifs is 2. The van der Waals surface area contributed by atoms with Crippen molar-refractivity contribution >= 4 is 5.91 Å². The van der Waals surface area contributed by atoms with E-state index in [4.69, 9.17) is 14.7 Å². The number of carbonyl (C=O) groups is 1. The molecule has 0 fully saturated rings. The van der Waals surface area contributed by atoms with Gasteiger partial charge in [0.15, 0.2) is 5.69 Å². The zero-order chi connectivity index (χ0) is 21.3. The Morgan fingerprint density at radius 1 is 1.40 bits per heavy atom. The van der Waals surface area contributed by atoms with E-state index in [0.717, 1.165) is 5.56 Å². The van der Waals surface area contributed by atoms with Crippen molar-refractivity contribution in [2.45, 2.75) is 37.9 Å². The smallest absolute Gasteiger partial charge is 0.491 e. The van der Waals surface area contributed by atoms with E-state index in [1.54, 1.807) is 18.2 Å². The Kier molecular flexibility index (Phi) is 5.26. The Bertz CT molecular complexity index is 999. The van der Waals surface area contributed by atoms with E-state index in [1.807, 2.05) is 0 Å². The third-order valence-corrected chi connectivity index (χ3v) is 4.79. The molecule has 0 aliphatic carbocycles. The van der Waals surface area contributed by atoms with Gasteiger partial charge in [-0.1, -0.05) is 0 Å². The summed E-state index contributed by atoms with van der Waals surface area (Å²) in [4.78, 5) is 12.6. The molecule has 4 rings (SSSR count). The van der Waals surface area contributed by atoms with E-state index in [-0.39, 0.29) is 30.6 Å². The number of nitrogens with one attached hydrogen (secondary N) is 1. The summed E-state index contributed by atoms with van der Waals surface area (Å²) in [5.41, 5.74) is 1.43. The molecule has 30 heavy (non-hydrogen) atoms. The lowest BCUT2D eigenvalue weighted by molar-refractivity contribution is -0.330. The van der Waals surface area contributed by atoms with Gasteiger partial charge in [-0.25, -0.2) is 4.68 Å². The molecule has 1 amide bonds. The van der Waals surface area contributed by atoms with Crippen LogP contribution in [-0.2, 0) is 17.7 Å². The van der Waals surface area contributed by atoms with E-state index >= 15 is 0 Å². The van der Waals surface area contributed by atoms with Gasteiger partial charge in [-0.15, -0.1) is 13.2 Å². The predicted molar refractivity (Wildman–Crippen MR) is 94.9 cm³/mol. The molecule has 2 aliphatic heterocycles. The van der Waals surface area contributed by atoms with Crippen LogP contribution in [0.1, 0.15) is 28.0 Å². The van der Waals surface area contributed by atoms with Crippen LogP contribution in [0, 0.1) is 11.3 Å². The molecule has 0 bridgehead atoms. The van der Waals surface area contributed by atoms with Crippen molar-refractivity contribution in [1.82, 2.24) is 15.1 Å². The SMILES string of the molecule is N#Cc1ccc2c(c1)C[C@@H](NC(=O)c1cc3n(n1)CC[C@@H](COC(F)(F)F)O3)CO2. The van der Waals surface area contributed by atoms with Crippen molar-refractivity contribution in [2.75, 3.05) is 13.2 Å². The minimum Gasteiger partial charge on any atom is -0.491 e. The molecule has 1 aromatic carbocycles. The number of hydrogen-bond donors (Lipinski definition) is 1. The first kappa shape index (κ1) is 20.0. The van der Waals surface area contributed by atoms with E-state index in [9.17, 15) is 18.0 Å². The Morgan fingerprint density at radius 2 is 2.23 bits per heavy atom. The van der Waals surface area contributed by atoms with Crippen molar-refractivity contribution < 1.29 is 32.2 Å². The van der Waals surface area contributed by atoms with Gasteiger partial charge in [0.1, 0.15) is 18.5 Å². The molecule has 0 radical (unpaired) electrons. The van der Waals surface area contributed by atoms with Crippen molar-refractivity contribution in [1.29, 1.82) is 5.26 Å². The van der Waals surface area contributed by atoms with E-state index in [1.165, 1.54) is 10.7 Å². The first-order valence-corrected chi connectivity index (χ1v) is 9.22. The maximum Gasteiger partial charge on any atom is 0.522 e. The summed E-state index contributed by atoms with van der Waals surface area (Å²) in [6.07, 6.45) is -4.72. The fourth-order valence-electron chi connectivity index (χ4n) is 3.38. The molecule has 0 saturated heterocycles. The number of benzene rings is 1. The highest BCUT2D eigenvalue weighted by Crippen LogP contribution is 2.27. The Balaban J connectivity index is 1.37. The molecule has 8 nitrogen and oxygen atoms in total. The van der Waals surface area contributed by atoms with Crippen LogP contribution in [0.2, 0.25) is 0 Å². The van der Waals surface area contributed by atoms with Gasteiger partial charge in [0.25, 0.3) is 5.91 Å². The summed E-state index contributed by atoms with van der Waals surface area (Å²) in [6.45, 7) is -0.0450.